The number of hydrogen-bond acceptors (Lipinski definition) is 4. The van der Waals surface area contributed by atoms with Crippen LogP contribution in [0.3, 0.4) is 0 Å². The molecule has 2 heterocycles. The molecule has 0 bridgehead atoms. The van der Waals surface area contributed by atoms with E-state index < -0.39 is 0 Å². The lowest BCUT2D eigenvalue weighted by atomic mass is 10.2. The van der Waals surface area contributed by atoms with E-state index in [4.69, 9.17) is 4.74 Å². The van der Waals surface area contributed by atoms with E-state index in [0.717, 1.165) is 48.7 Å². The first kappa shape index (κ1) is 18.3. The lowest BCUT2D eigenvalue weighted by Gasteiger charge is -2.28. The van der Waals surface area contributed by atoms with Crippen LogP contribution >= 0.6 is 0 Å². The molecule has 7 heteroatoms. The van der Waals surface area contributed by atoms with Crippen LogP contribution in [-0.2, 0) is 23.1 Å². The van der Waals surface area contributed by atoms with Crippen molar-refractivity contribution in [3.63, 3.8) is 0 Å². The van der Waals surface area contributed by atoms with Crippen molar-refractivity contribution in [3.05, 3.63) is 59.0 Å². The van der Waals surface area contributed by atoms with Crippen LogP contribution in [-0.4, -0.2) is 41.3 Å². The molecule has 1 fully saturated rings. The second kappa shape index (κ2) is 7.90. The third-order valence-corrected chi connectivity index (χ3v) is 5.14. The number of aromatic nitrogens is 2. The molecular weight excluding hydrogens is 356 g/mol. The average Bonchev–Trinajstić information content (AvgIpc) is 2.98. The SMILES string of the molecule is Cn1c(=O)n(CCC(=O)Nc2ccc(N3CCOCC3)cc2)c2ccccc21. The number of nitrogens with zero attached hydrogens (tertiary/aromatic N) is 3. The molecule has 0 saturated carbocycles. The zero-order valence-electron chi connectivity index (χ0n) is 15.9. The van der Waals surface area contributed by atoms with Gasteiger partial charge in [0.25, 0.3) is 0 Å². The van der Waals surface area contributed by atoms with E-state index in [1.807, 2.05) is 48.5 Å². The van der Waals surface area contributed by atoms with Gasteiger partial charge in [0, 0.05) is 44.5 Å². The average molecular weight is 380 g/mol. The Labute approximate surface area is 163 Å². The second-order valence-electron chi connectivity index (χ2n) is 6.93. The summed E-state index contributed by atoms with van der Waals surface area (Å²) in [6, 6.07) is 15.4. The maximum atomic E-state index is 12.4. The Morgan fingerprint density at radius 3 is 2.43 bits per heavy atom. The zero-order chi connectivity index (χ0) is 19.5. The summed E-state index contributed by atoms with van der Waals surface area (Å²) in [5, 5.41) is 2.91. The molecule has 4 rings (SSSR count). The molecule has 1 amide bonds. The lowest BCUT2D eigenvalue weighted by Crippen LogP contribution is -2.36. The van der Waals surface area contributed by atoms with E-state index in [1.165, 1.54) is 0 Å². The Kier molecular flexibility index (Phi) is 5.16. The molecule has 28 heavy (non-hydrogen) atoms. The topological polar surface area (TPSA) is 68.5 Å². The molecule has 1 saturated heterocycles. The van der Waals surface area contributed by atoms with Crippen LogP contribution in [0.5, 0.6) is 0 Å². The van der Waals surface area contributed by atoms with Gasteiger partial charge in [-0.3, -0.25) is 13.9 Å². The largest absolute Gasteiger partial charge is 0.378 e. The fourth-order valence-corrected chi connectivity index (χ4v) is 3.59. The number of hydrogen-bond donors (Lipinski definition) is 1. The number of aryl methyl sites for hydroxylation is 2. The number of para-hydroxylation sites is 2. The standard InChI is InChI=1S/C21H24N4O3/c1-23-18-4-2-3-5-19(18)25(21(23)27)11-10-20(26)22-16-6-8-17(9-7-16)24-12-14-28-15-13-24/h2-9H,10-15H2,1H3,(H,22,26). The van der Waals surface area contributed by atoms with E-state index in [-0.39, 0.29) is 18.0 Å². The number of carbonyl (C=O) groups is 1. The summed E-state index contributed by atoms with van der Waals surface area (Å²) < 4.78 is 8.63. The highest BCUT2D eigenvalue weighted by Gasteiger charge is 2.13. The number of rotatable bonds is 5. The fraction of sp³-hybridized carbons (Fsp3) is 0.333. The second-order valence-corrected chi connectivity index (χ2v) is 6.93. The summed E-state index contributed by atoms with van der Waals surface area (Å²) in [5.41, 5.74) is 3.49. The molecule has 1 aliphatic heterocycles. The molecule has 146 valence electrons. The number of benzene rings is 2. The summed E-state index contributed by atoms with van der Waals surface area (Å²) in [6.07, 6.45) is 0.235. The van der Waals surface area contributed by atoms with Gasteiger partial charge in [0.1, 0.15) is 0 Å². The third-order valence-electron chi connectivity index (χ3n) is 5.14. The summed E-state index contributed by atoms with van der Waals surface area (Å²) >= 11 is 0. The molecule has 2 aromatic carbocycles. The van der Waals surface area contributed by atoms with Crippen molar-refractivity contribution in [1.29, 1.82) is 0 Å². The molecule has 1 aliphatic rings. The van der Waals surface area contributed by atoms with Crippen molar-refractivity contribution in [1.82, 2.24) is 9.13 Å². The number of nitrogens with one attached hydrogen (secondary N) is 1. The first-order valence-corrected chi connectivity index (χ1v) is 9.50. The molecule has 0 radical (unpaired) electrons. The van der Waals surface area contributed by atoms with Crippen LogP contribution in [0.2, 0.25) is 0 Å². The molecule has 0 spiro atoms. The smallest absolute Gasteiger partial charge is 0.328 e. The van der Waals surface area contributed by atoms with Crippen LogP contribution in [0.15, 0.2) is 53.3 Å². The molecule has 3 aromatic rings. The van der Waals surface area contributed by atoms with Crippen LogP contribution in [0.25, 0.3) is 11.0 Å². The van der Waals surface area contributed by atoms with Gasteiger partial charge in [0.05, 0.1) is 24.2 Å². The Hall–Kier alpha value is -3.06. The van der Waals surface area contributed by atoms with Gasteiger partial charge in [-0.05, 0) is 36.4 Å². The highest BCUT2D eigenvalue weighted by Crippen LogP contribution is 2.19. The summed E-state index contributed by atoms with van der Waals surface area (Å²) in [6.45, 7) is 3.59. The van der Waals surface area contributed by atoms with Crippen LogP contribution in [0.1, 0.15) is 6.42 Å². The third kappa shape index (κ3) is 3.66. The molecule has 1 N–H and O–H groups in total. The van der Waals surface area contributed by atoms with Crippen molar-refractivity contribution in [2.75, 3.05) is 36.5 Å². The number of ether oxygens (including phenoxy) is 1. The highest BCUT2D eigenvalue weighted by molar-refractivity contribution is 5.91. The summed E-state index contributed by atoms with van der Waals surface area (Å²) in [4.78, 5) is 27.1. The maximum Gasteiger partial charge on any atom is 0.328 e. The minimum absolute atomic E-state index is 0.108. The number of amides is 1. The Balaban J connectivity index is 1.39. The Morgan fingerprint density at radius 2 is 1.71 bits per heavy atom. The van der Waals surface area contributed by atoms with Gasteiger partial charge in [0.15, 0.2) is 0 Å². The van der Waals surface area contributed by atoms with Crippen LogP contribution < -0.4 is 15.9 Å². The highest BCUT2D eigenvalue weighted by atomic mass is 16.5. The van der Waals surface area contributed by atoms with E-state index in [9.17, 15) is 9.59 Å². The molecule has 0 atom stereocenters. The monoisotopic (exact) mass is 380 g/mol. The number of anilines is 2. The molecule has 1 aromatic heterocycles. The van der Waals surface area contributed by atoms with Gasteiger partial charge in [-0.1, -0.05) is 12.1 Å². The van der Waals surface area contributed by atoms with Crippen molar-refractivity contribution >= 4 is 28.3 Å². The number of fused-ring (bicyclic) bond motifs is 1. The van der Waals surface area contributed by atoms with E-state index in [0.29, 0.717) is 6.54 Å². The maximum absolute atomic E-state index is 12.4. The van der Waals surface area contributed by atoms with Gasteiger partial charge >= 0.3 is 5.69 Å². The first-order chi connectivity index (χ1) is 13.6. The Morgan fingerprint density at radius 1 is 1.04 bits per heavy atom. The zero-order valence-corrected chi connectivity index (χ0v) is 15.9. The van der Waals surface area contributed by atoms with Crippen molar-refractivity contribution in [3.8, 4) is 0 Å². The van der Waals surface area contributed by atoms with Crippen LogP contribution in [0.4, 0.5) is 11.4 Å². The van der Waals surface area contributed by atoms with Crippen molar-refractivity contribution in [2.24, 2.45) is 7.05 Å². The molecule has 0 unspecified atom stereocenters. The minimum Gasteiger partial charge on any atom is -0.378 e. The van der Waals surface area contributed by atoms with Gasteiger partial charge in [-0.2, -0.15) is 0 Å². The molecular formula is C21H24N4O3. The predicted octanol–water partition coefficient (Wildman–Crippen LogP) is 2.21. The van der Waals surface area contributed by atoms with Gasteiger partial charge < -0.3 is 15.0 Å². The normalized spacial score (nSPS) is 14.4. The number of imidazole rings is 1. The predicted molar refractivity (Wildman–Crippen MR) is 110 cm³/mol. The van der Waals surface area contributed by atoms with Crippen molar-refractivity contribution in [2.45, 2.75) is 13.0 Å². The van der Waals surface area contributed by atoms with Gasteiger partial charge in [-0.25, -0.2) is 4.79 Å². The first-order valence-electron chi connectivity index (χ1n) is 9.50. The van der Waals surface area contributed by atoms with Crippen molar-refractivity contribution < 1.29 is 9.53 Å². The number of morpholine rings is 1. The summed E-state index contributed by atoms with van der Waals surface area (Å²) in [5.74, 6) is -0.112. The quantitative estimate of drug-likeness (QED) is 0.737. The van der Waals surface area contributed by atoms with E-state index in [1.54, 1.807) is 16.2 Å². The van der Waals surface area contributed by atoms with E-state index in [2.05, 4.69) is 10.2 Å². The minimum atomic E-state index is -0.112. The van der Waals surface area contributed by atoms with Gasteiger partial charge in [0.2, 0.25) is 5.91 Å². The Bertz CT molecular complexity index is 1030. The van der Waals surface area contributed by atoms with E-state index >= 15 is 0 Å². The fourth-order valence-electron chi connectivity index (χ4n) is 3.59. The lowest BCUT2D eigenvalue weighted by molar-refractivity contribution is -0.116. The molecule has 7 nitrogen and oxygen atoms in total. The summed E-state index contributed by atoms with van der Waals surface area (Å²) in [7, 11) is 1.75. The van der Waals surface area contributed by atoms with Crippen LogP contribution in [0, 0.1) is 0 Å². The van der Waals surface area contributed by atoms with Gasteiger partial charge in [-0.15, -0.1) is 0 Å². The number of carbonyl (C=O) groups excluding carboxylic acids is 1. The molecule has 0 aliphatic carbocycles.